The smallest absolute Gasteiger partial charge is 0.122 e. The van der Waals surface area contributed by atoms with Crippen LogP contribution in [-0.4, -0.2) is 7.11 Å². The third kappa shape index (κ3) is 2.81. The fourth-order valence-corrected chi connectivity index (χ4v) is 3.91. The maximum Gasteiger partial charge on any atom is 0.122 e. The van der Waals surface area contributed by atoms with E-state index in [-0.39, 0.29) is 0 Å². The first-order valence-corrected chi connectivity index (χ1v) is 8.54. The average molecular weight is 360 g/mol. The Bertz CT molecular complexity index is 896. The Morgan fingerprint density at radius 1 is 0.958 bits per heavy atom. The fraction of sp³-hybridized carbons (Fsp3) is 0.200. The summed E-state index contributed by atoms with van der Waals surface area (Å²) < 4.78 is 5.55. The van der Waals surface area contributed by atoms with Crippen molar-refractivity contribution in [1.82, 2.24) is 0 Å². The standard InChI is InChI=1S/C20H19Cl2NO/c1-11(2)19-14-5-4-6-15(13(14)7-8-18(19)24-3)20-16(21)9-12(23)10-17(20)22/h4-11H,23H2,1-3H3. The Balaban J connectivity index is 2.38. The lowest BCUT2D eigenvalue weighted by Crippen LogP contribution is -1.97. The molecule has 0 amide bonds. The summed E-state index contributed by atoms with van der Waals surface area (Å²) in [5.74, 6) is 1.22. The van der Waals surface area contributed by atoms with E-state index in [1.807, 2.05) is 18.2 Å². The predicted molar refractivity (Wildman–Crippen MR) is 104 cm³/mol. The molecule has 3 aromatic rings. The maximum atomic E-state index is 6.44. The van der Waals surface area contributed by atoms with E-state index < -0.39 is 0 Å². The SMILES string of the molecule is COc1ccc2c(-c3c(Cl)cc(N)cc3Cl)cccc2c1C(C)C. The van der Waals surface area contributed by atoms with Crippen molar-refractivity contribution < 1.29 is 4.74 Å². The highest BCUT2D eigenvalue weighted by Crippen LogP contribution is 2.43. The van der Waals surface area contributed by atoms with Crippen LogP contribution in [0.3, 0.4) is 0 Å². The van der Waals surface area contributed by atoms with E-state index in [4.69, 9.17) is 33.7 Å². The Morgan fingerprint density at radius 2 is 1.62 bits per heavy atom. The van der Waals surface area contributed by atoms with Gasteiger partial charge in [-0.2, -0.15) is 0 Å². The molecule has 0 aliphatic heterocycles. The lowest BCUT2D eigenvalue weighted by Gasteiger charge is -2.18. The van der Waals surface area contributed by atoms with Gasteiger partial charge in [0.15, 0.2) is 0 Å². The van der Waals surface area contributed by atoms with Gasteiger partial charge in [0.2, 0.25) is 0 Å². The molecule has 0 saturated heterocycles. The van der Waals surface area contributed by atoms with Gasteiger partial charge in [-0.05, 0) is 40.5 Å². The Hall–Kier alpha value is -1.90. The molecule has 0 heterocycles. The number of nitrogen functional groups attached to an aromatic ring is 1. The van der Waals surface area contributed by atoms with Crippen LogP contribution in [-0.2, 0) is 0 Å². The zero-order valence-corrected chi connectivity index (χ0v) is 15.4. The van der Waals surface area contributed by atoms with Gasteiger partial charge in [0.25, 0.3) is 0 Å². The van der Waals surface area contributed by atoms with Crippen LogP contribution < -0.4 is 10.5 Å². The van der Waals surface area contributed by atoms with Crippen LogP contribution >= 0.6 is 23.2 Å². The average Bonchev–Trinajstić information content (AvgIpc) is 2.52. The second-order valence-corrected chi connectivity index (χ2v) is 6.91. The van der Waals surface area contributed by atoms with E-state index in [0.29, 0.717) is 21.7 Å². The molecule has 4 heteroatoms. The van der Waals surface area contributed by atoms with Crippen LogP contribution in [0.5, 0.6) is 5.75 Å². The Morgan fingerprint density at radius 3 is 2.21 bits per heavy atom. The Labute approximate surface area is 152 Å². The summed E-state index contributed by atoms with van der Waals surface area (Å²) in [4.78, 5) is 0. The minimum absolute atomic E-state index is 0.330. The summed E-state index contributed by atoms with van der Waals surface area (Å²) in [6, 6.07) is 13.7. The third-order valence-electron chi connectivity index (χ3n) is 4.19. The number of fused-ring (bicyclic) bond motifs is 1. The third-order valence-corrected chi connectivity index (χ3v) is 4.79. The van der Waals surface area contributed by atoms with Crippen LogP contribution in [0.4, 0.5) is 5.69 Å². The van der Waals surface area contributed by atoms with Gasteiger partial charge in [-0.3, -0.25) is 0 Å². The zero-order chi connectivity index (χ0) is 17.4. The van der Waals surface area contributed by atoms with Crippen LogP contribution in [0.25, 0.3) is 21.9 Å². The summed E-state index contributed by atoms with van der Waals surface area (Å²) in [5, 5.41) is 3.34. The molecule has 0 fully saturated rings. The molecule has 3 rings (SSSR count). The molecule has 3 aromatic carbocycles. The molecule has 0 bridgehead atoms. The van der Waals surface area contributed by atoms with Crippen molar-refractivity contribution in [2.45, 2.75) is 19.8 Å². The summed E-state index contributed by atoms with van der Waals surface area (Å²) in [6.45, 7) is 4.32. The predicted octanol–water partition coefficient (Wildman–Crippen LogP) is 6.53. The van der Waals surface area contributed by atoms with E-state index in [9.17, 15) is 0 Å². The number of anilines is 1. The van der Waals surface area contributed by atoms with Crippen molar-refractivity contribution in [3.8, 4) is 16.9 Å². The van der Waals surface area contributed by atoms with Crippen molar-refractivity contribution in [3.63, 3.8) is 0 Å². The summed E-state index contributed by atoms with van der Waals surface area (Å²) >= 11 is 12.9. The second-order valence-electron chi connectivity index (χ2n) is 6.10. The van der Waals surface area contributed by atoms with Crippen molar-refractivity contribution in [1.29, 1.82) is 0 Å². The molecule has 0 aromatic heterocycles. The number of halogens is 2. The summed E-state index contributed by atoms with van der Waals surface area (Å²) in [5.41, 5.74) is 9.37. The minimum Gasteiger partial charge on any atom is -0.496 e. The molecule has 0 radical (unpaired) electrons. The highest BCUT2D eigenvalue weighted by atomic mass is 35.5. The van der Waals surface area contributed by atoms with Gasteiger partial charge < -0.3 is 10.5 Å². The van der Waals surface area contributed by atoms with E-state index in [1.165, 1.54) is 5.56 Å². The maximum absolute atomic E-state index is 6.44. The van der Waals surface area contributed by atoms with Crippen molar-refractivity contribution >= 4 is 39.7 Å². The highest BCUT2D eigenvalue weighted by Gasteiger charge is 2.17. The van der Waals surface area contributed by atoms with E-state index in [0.717, 1.165) is 27.6 Å². The second kappa shape index (κ2) is 6.54. The van der Waals surface area contributed by atoms with E-state index in [1.54, 1.807) is 19.2 Å². The summed E-state index contributed by atoms with van der Waals surface area (Å²) in [6.07, 6.45) is 0. The number of benzene rings is 3. The van der Waals surface area contributed by atoms with Gasteiger partial charge in [0.1, 0.15) is 5.75 Å². The number of hydrogen-bond acceptors (Lipinski definition) is 2. The monoisotopic (exact) mass is 359 g/mol. The molecule has 0 saturated carbocycles. The Kier molecular flexibility index (Phi) is 4.62. The van der Waals surface area contributed by atoms with Gasteiger partial charge in [-0.1, -0.05) is 61.3 Å². The molecule has 124 valence electrons. The van der Waals surface area contributed by atoms with Crippen LogP contribution in [0.2, 0.25) is 10.0 Å². The first-order chi connectivity index (χ1) is 11.4. The first-order valence-electron chi connectivity index (χ1n) is 7.78. The molecule has 0 aliphatic carbocycles. The van der Waals surface area contributed by atoms with Gasteiger partial charge in [0, 0.05) is 16.8 Å². The van der Waals surface area contributed by atoms with Crippen molar-refractivity contribution in [3.05, 3.63) is 58.1 Å². The number of ether oxygens (including phenoxy) is 1. The van der Waals surface area contributed by atoms with E-state index >= 15 is 0 Å². The topological polar surface area (TPSA) is 35.2 Å². The van der Waals surface area contributed by atoms with Gasteiger partial charge in [-0.15, -0.1) is 0 Å². The fourth-order valence-electron chi connectivity index (χ4n) is 3.20. The lowest BCUT2D eigenvalue weighted by atomic mass is 9.90. The molecule has 0 unspecified atom stereocenters. The quantitative estimate of drug-likeness (QED) is 0.539. The van der Waals surface area contributed by atoms with Crippen LogP contribution in [0.15, 0.2) is 42.5 Å². The van der Waals surface area contributed by atoms with Crippen molar-refractivity contribution in [2.24, 2.45) is 0 Å². The van der Waals surface area contributed by atoms with Gasteiger partial charge in [-0.25, -0.2) is 0 Å². The van der Waals surface area contributed by atoms with Crippen molar-refractivity contribution in [2.75, 3.05) is 12.8 Å². The molecule has 0 spiro atoms. The summed E-state index contributed by atoms with van der Waals surface area (Å²) in [7, 11) is 1.70. The molecule has 0 atom stereocenters. The number of methoxy groups -OCH3 is 1. The zero-order valence-electron chi connectivity index (χ0n) is 13.9. The number of nitrogens with two attached hydrogens (primary N) is 1. The largest absolute Gasteiger partial charge is 0.496 e. The molecular weight excluding hydrogens is 341 g/mol. The molecular formula is C20H19Cl2NO. The first kappa shape index (κ1) is 16.9. The normalized spacial score (nSPS) is 11.2. The highest BCUT2D eigenvalue weighted by molar-refractivity contribution is 6.40. The molecule has 2 N–H and O–H groups in total. The minimum atomic E-state index is 0.330. The van der Waals surface area contributed by atoms with Gasteiger partial charge in [0.05, 0.1) is 17.2 Å². The molecule has 0 aliphatic rings. The van der Waals surface area contributed by atoms with E-state index in [2.05, 4.69) is 26.0 Å². The lowest BCUT2D eigenvalue weighted by molar-refractivity contribution is 0.408. The van der Waals surface area contributed by atoms with Gasteiger partial charge >= 0.3 is 0 Å². The van der Waals surface area contributed by atoms with Crippen LogP contribution in [0, 0.1) is 0 Å². The number of rotatable bonds is 3. The number of hydrogen-bond donors (Lipinski definition) is 1. The van der Waals surface area contributed by atoms with Crippen LogP contribution in [0.1, 0.15) is 25.3 Å². The molecule has 2 nitrogen and oxygen atoms in total. The molecule has 24 heavy (non-hydrogen) atoms.